The van der Waals surface area contributed by atoms with Gasteiger partial charge in [0.15, 0.2) is 17.5 Å². The summed E-state index contributed by atoms with van der Waals surface area (Å²) in [5.41, 5.74) is 0. The van der Waals surface area contributed by atoms with E-state index in [4.69, 9.17) is 0 Å². The van der Waals surface area contributed by atoms with Crippen molar-refractivity contribution < 1.29 is 26.7 Å². The van der Waals surface area contributed by atoms with Crippen molar-refractivity contribution in [2.75, 3.05) is 6.54 Å². The summed E-state index contributed by atoms with van der Waals surface area (Å²) in [4.78, 5) is -0.679. The Kier molecular flexibility index (Phi) is 4.36. The van der Waals surface area contributed by atoms with Crippen LogP contribution in [0, 0.1) is 23.4 Å². The minimum absolute atomic E-state index is 0.0237. The van der Waals surface area contributed by atoms with Crippen molar-refractivity contribution in [1.29, 1.82) is 0 Å². The molecular weight excluding hydrogens is 295 g/mol. The summed E-state index contributed by atoms with van der Waals surface area (Å²) in [5, 5.41) is 9.58. The van der Waals surface area contributed by atoms with Crippen molar-refractivity contribution in [2.45, 2.75) is 30.3 Å². The largest absolute Gasteiger partial charge is 0.393 e. The number of hydrogen-bond donors (Lipinski definition) is 2. The molecule has 1 aromatic carbocycles. The van der Waals surface area contributed by atoms with Gasteiger partial charge in [0.2, 0.25) is 10.0 Å². The van der Waals surface area contributed by atoms with Crippen molar-refractivity contribution in [3.63, 3.8) is 0 Å². The number of halogens is 3. The average Bonchev–Trinajstić information content (AvgIpc) is 2.78. The first kappa shape index (κ1) is 15.3. The molecule has 1 aromatic rings. The van der Waals surface area contributed by atoms with Crippen LogP contribution in [0.5, 0.6) is 0 Å². The van der Waals surface area contributed by atoms with Crippen molar-refractivity contribution in [3.05, 3.63) is 29.6 Å². The summed E-state index contributed by atoms with van der Waals surface area (Å²) in [6.07, 6.45) is 1.49. The first-order chi connectivity index (χ1) is 9.31. The average molecular weight is 309 g/mol. The van der Waals surface area contributed by atoms with Gasteiger partial charge in [0.1, 0.15) is 0 Å². The molecule has 0 spiro atoms. The molecule has 2 rings (SSSR count). The van der Waals surface area contributed by atoms with Gasteiger partial charge < -0.3 is 5.11 Å². The molecular formula is C12H14F3NO3S. The van der Waals surface area contributed by atoms with Crippen LogP contribution in [-0.4, -0.2) is 26.2 Å². The van der Waals surface area contributed by atoms with E-state index < -0.39 is 38.5 Å². The molecule has 20 heavy (non-hydrogen) atoms. The SMILES string of the molecule is O=S(=O)(NCC1CCCC1O)c1cc(F)c(F)c(F)c1. The highest BCUT2D eigenvalue weighted by atomic mass is 32.2. The molecule has 2 N–H and O–H groups in total. The third kappa shape index (κ3) is 3.13. The lowest BCUT2D eigenvalue weighted by Gasteiger charge is -2.15. The fourth-order valence-corrected chi connectivity index (χ4v) is 3.36. The first-order valence-electron chi connectivity index (χ1n) is 6.13. The van der Waals surface area contributed by atoms with E-state index in [2.05, 4.69) is 4.72 Å². The van der Waals surface area contributed by atoms with Gasteiger partial charge in [0.25, 0.3) is 0 Å². The van der Waals surface area contributed by atoms with E-state index in [-0.39, 0.29) is 12.5 Å². The predicted molar refractivity (Wildman–Crippen MR) is 64.9 cm³/mol. The van der Waals surface area contributed by atoms with Gasteiger partial charge in [0.05, 0.1) is 11.0 Å². The molecule has 1 aliphatic carbocycles. The van der Waals surface area contributed by atoms with Gasteiger partial charge in [-0.1, -0.05) is 6.42 Å². The van der Waals surface area contributed by atoms with Crippen molar-refractivity contribution in [2.24, 2.45) is 5.92 Å². The van der Waals surface area contributed by atoms with Crippen LogP contribution in [0.15, 0.2) is 17.0 Å². The van der Waals surface area contributed by atoms with Crippen LogP contribution in [0.1, 0.15) is 19.3 Å². The monoisotopic (exact) mass is 309 g/mol. The van der Waals surface area contributed by atoms with Crippen LogP contribution >= 0.6 is 0 Å². The zero-order valence-electron chi connectivity index (χ0n) is 10.4. The van der Waals surface area contributed by atoms with Gasteiger partial charge >= 0.3 is 0 Å². The van der Waals surface area contributed by atoms with E-state index in [1.54, 1.807) is 0 Å². The molecule has 0 bridgehead atoms. The molecule has 0 amide bonds. The molecule has 0 aliphatic heterocycles. The molecule has 112 valence electrons. The van der Waals surface area contributed by atoms with E-state index in [0.29, 0.717) is 25.0 Å². The lowest BCUT2D eigenvalue weighted by molar-refractivity contribution is 0.134. The van der Waals surface area contributed by atoms with Gasteiger partial charge in [-0.3, -0.25) is 0 Å². The summed E-state index contributed by atoms with van der Waals surface area (Å²) < 4.78 is 64.7. The van der Waals surface area contributed by atoms with E-state index in [1.165, 1.54) is 0 Å². The predicted octanol–water partition coefficient (Wildman–Crippen LogP) is 1.54. The summed E-state index contributed by atoms with van der Waals surface area (Å²) in [5.74, 6) is -5.06. The Labute approximate surface area is 114 Å². The highest BCUT2D eigenvalue weighted by Crippen LogP contribution is 2.25. The van der Waals surface area contributed by atoms with Crippen LogP contribution < -0.4 is 4.72 Å². The number of rotatable bonds is 4. The molecule has 0 radical (unpaired) electrons. The highest BCUT2D eigenvalue weighted by molar-refractivity contribution is 7.89. The molecule has 2 unspecified atom stereocenters. The zero-order chi connectivity index (χ0) is 14.9. The van der Waals surface area contributed by atoms with Crippen LogP contribution in [0.3, 0.4) is 0 Å². The van der Waals surface area contributed by atoms with E-state index in [1.807, 2.05) is 0 Å². The smallest absolute Gasteiger partial charge is 0.240 e. The second-order valence-corrected chi connectivity index (χ2v) is 6.58. The summed E-state index contributed by atoms with van der Waals surface area (Å²) in [6, 6.07) is 0.845. The fourth-order valence-electron chi connectivity index (χ4n) is 2.24. The number of aliphatic hydroxyl groups excluding tert-OH is 1. The second-order valence-electron chi connectivity index (χ2n) is 4.81. The van der Waals surface area contributed by atoms with Crippen LogP contribution in [0.2, 0.25) is 0 Å². The van der Waals surface area contributed by atoms with Gasteiger partial charge in [-0.25, -0.2) is 26.3 Å². The quantitative estimate of drug-likeness (QED) is 0.829. The third-order valence-corrected chi connectivity index (χ3v) is 4.83. The number of hydrogen-bond acceptors (Lipinski definition) is 3. The third-order valence-electron chi connectivity index (χ3n) is 3.42. The zero-order valence-corrected chi connectivity index (χ0v) is 11.3. The Morgan fingerprint density at radius 2 is 1.80 bits per heavy atom. The summed E-state index contributed by atoms with van der Waals surface area (Å²) in [6.45, 7) is -0.0237. The van der Waals surface area contributed by atoms with E-state index in [9.17, 15) is 26.7 Å². The normalized spacial score (nSPS) is 23.2. The second kappa shape index (κ2) is 5.71. The molecule has 1 fully saturated rings. The molecule has 0 aromatic heterocycles. The van der Waals surface area contributed by atoms with E-state index >= 15 is 0 Å². The topological polar surface area (TPSA) is 66.4 Å². The molecule has 1 aliphatic rings. The highest BCUT2D eigenvalue weighted by Gasteiger charge is 2.27. The van der Waals surface area contributed by atoms with E-state index in [0.717, 1.165) is 6.42 Å². The van der Waals surface area contributed by atoms with Crippen molar-refractivity contribution in [1.82, 2.24) is 4.72 Å². The van der Waals surface area contributed by atoms with Gasteiger partial charge in [-0.2, -0.15) is 0 Å². The summed E-state index contributed by atoms with van der Waals surface area (Å²) in [7, 11) is -4.14. The van der Waals surface area contributed by atoms with Crippen LogP contribution in [0.4, 0.5) is 13.2 Å². The minimum Gasteiger partial charge on any atom is -0.393 e. The Bertz CT molecular complexity index is 583. The summed E-state index contributed by atoms with van der Waals surface area (Å²) >= 11 is 0. The lowest BCUT2D eigenvalue weighted by atomic mass is 10.1. The molecule has 4 nitrogen and oxygen atoms in total. The number of nitrogens with one attached hydrogen (secondary N) is 1. The molecule has 2 atom stereocenters. The van der Waals surface area contributed by atoms with Crippen molar-refractivity contribution in [3.8, 4) is 0 Å². The lowest BCUT2D eigenvalue weighted by Crippen LogP contribution is -2.32. The maximum absolute atomic E-state index is 13.0. The standard InChI is InChI=1S/C12H14F3NO3S/c13-9-4-8(5-10(14)12(9)15)20(18,19)16-6-7-2-1-3-11(7)17/h4-5,7,11,16-17H,1-3,6H2. The minimum atomic E-state index is -4.14. The maximum atomic E-state index is 13.0. The Morgan fingerprint density at radius 3 is 2.30 bits per heavy atom. The van der Waals surface area contributed by atoms with Crippen molar-refractivity contribution >= 4 is 10.0 Å². The molecule has 8 heteroatoms. The van der Waals surface area contributed by atoms with Gasteiger partial charge in [0, 0.05) is 6.54 Å². The Balaban J connectivity index is 2.14. The Morgan fingerprint density at radius 1 is 1.20 bits per heavy atom. The van der Waals surface area contributed by atoms with Crippen LogP contribution in [0.25, 0.3) is 0 Å². The first-order valence-corrected chi connectivity index (χ1v) is 7.62. The van der Waals surface area contributed by atoms with Gasteiger partial charge in [-0.15, -0.1) is 0 Å². The fraction of sp³-hybridized carbons (Fsp3) is 0.500. The maximum Gasteiger partial charge on any atom is 0.240 e. The van der Waals surface area contributed by atoms with Gasteiger partial charge in [-0.05, 0) is 30.9 Å². The number of sulfonamides is 1. The number of aliphatic hydroxyl groups is 1. The Hall–Kier alpha value is -1.12. The molecule has 0 saturated heterocycles. The molecule has 1 saturated carbocycles. The van der Waals surface area contributed by atoms with Crippen LogP contribution in [-0.2, 0) is 10.0 Å². The number of benzene rings is 1. The molecule has 0 heterocycles.